The number of rotatable bonds is 5. The molecule has 0 spiro atoms. The summed E-state index contributed by atoms with van der Waals surface area (Å²) in [4.78, 5) is 0. The van der Waals surface area contributed by atoms with Crippen LogP contribution < -0.4 is 5.32 Å². The van der Waals surface area contributed by atoms with E-state index < -0.39 is 0 Å². The van der Waals surface area contributed by atoms with Crippen molar-refractivity contribution in [2.45, 2.75) is 33.2 Å². The van der Waals surface area contributed by atoms with Gasteiger partial charge in [0.1, 0.15) is 0 Å². The molecule has 2 rings (SSSR count). The summed E-state index contributed by atoms with van der Waals surface area (Å²) < 4.78 is 1.28. The molecule has 1 nitrogen and oxygen atoms in total. The molecule has 0 aromatic heterocycles. The van der Waals surface area contributed by atoms with Crippen molar-refractivity contribution in [1.82, 2.24) is 5.32 Å². The first kappa shape index (κ1) is 15.5. The normalized spacial score (nSPS) is 12.4. The third-order valence-corrected chi connectivity index (χ3v) is 4.03. The van der Waals surface area contributed by atoms with Gasteiger partial charge >= 0.3 is 0 Å². The molecule has 0 bridgehead atoms. The molecule has 1 N–H and O–H groups in total. The van der Waals surface area contributed by atoms with E-state index in [9.17, 15) is 0 Å². The summed E-state index contributed by atoms with van der Waals surface area (Å²) in [6, 6.07) is 15.9. The molecular formula is C18H22IN. The first-order valence-corrected chi connectivity index (χ1v) is 8.25. The zero-order chi connectivity index (χ0) is 14.5. The highest BCUT2D eigenvalue weighted by atomic mass is 127. The van der Waals surface area contributed by atoms with Gasteiger partial charge in [0.25, 0.3) is 0 Å². The molecule has 0 heterocycles. The molecule has 0 saturated heterocycles. The molecule has 0 fully saturated rings. The number of benzene rings is 2. The molecule has 2 heteroatoms. The summed E-state index contributed by atoms with van der Waals surface area (Å²) in [5.41, 5.74) is 5.36. The fraction of sp³-hybridized carbons (Fsp3) is 0.333. The van der Waals surface area contributed by atoms with E-state index in [1.165, 1.54) is 25.8 Å². The van der Waals surface area contributed by atoms with Crippen LogP contribution in [0.5, 0.6) is 0 Å². The topological polar surface area (TPSA) is 12.0 Å². The fourth-order valence-electron chi connectivity index (χ4n) is 2.58. The molecule has 0 saturated carbocycles. The third kappa shape index (κ3) is 4.06. The van der Waals surface area contributed by atoms with Gasteiger partial charge < -0.3 is 5.32 Å². The lowest BCUT2D eigenvalue weighted by molar-refractivity contribution is 0.598. The molecule has 1 atom stereocenters. The molecule has 0 aliphatic carbocycles. The van der Waals surface area contributed by atoms with Crippen molar-refractivity contribution < 1.29 is 0 Å². The average molecular weight is 379 g/mol. The lowest BCUT2D eigenvalue weighted by Gasteiger charge is -2.21. The first-order valence-electron chi connectivity index (χ1n) is 7.17. The Morgan fingerprint density at radius 3 is 2.30 bits per heavy atom. The van der Waals surface area contributed by atoms with Gasteiger partial charge in [-0.2, -0.15) is 0 Å². The molecule has 2 aromatic rings. The number of hydrogen-bond acceptors (Lipinski definition) is 1. The second kappa shape index (κ2) is 7.23. The summed E-state index contributed by atoms with van der Waals surface area (Å²) in [7, 11) is 0. The Hall–Kier alpha value is -0.870. The van der Waals surface area contributed by atoms with Gasteiger partial charge in [0.15, 0.2) is 0 Å². The minimum Gasteiger partial charge on any atom is -0.306 e. The maximum absolute atomic E-state index is 3.68. The molecule has 0 aliphatic heterocycles. The second-order valence-electron chi connectivity index (χ2n) is 5.36. The number of halogens is 1. The van der Waals surface area contributed by atoms with E-state index in [-0.39, 0.29) is 6.04 Å². The standard InChI is InChI=1S/C18H22IN/c1-4-8-20-18(15-6-5-7-17(19)12-15)16-10-13(2)9-14(3)11-16/h5-7,9-12,18,20H,4,8H2,1-3H3. The molecule has 20 heavy (non-hydrogen) atoms. The lowest BCUT2D eigenvalue weighted by atomic mass is 9.95. The predicted octanol–water partition coefficient (Wildman–Crippen LogP) is 5.00. The Morgan fingerprint density at radius 2 is 1.70 bits per heavy atom. The summed E-state index contributed by atoms with van der Waals surface area (Å²) >= 11 is 2.38. The van der Waals surface area contributed by atoms with E-state index in [1.54, 1.807) is 0 Å². The summed E-state index contributed by atoms with van der Waals surface area (Å²) in [5, 5.41) is 3.68. The van der Waals surface area contributed by atoms with Gasteiger partial charge in [-0.3, -0.25) is 0 Å². The van der Waals surface area contributed by atoms with Crippen molar-refractivity contribution in [3.05, 3.63) is 68.3 Å². The zero-order valence-corrected chi connectivity index (χ0v) is 14.6. The van der Waals surface area contributed by atoms with Gasteiger partial charge in [0, 0.05) is 3.57 Å². The Balaban J connectivity index is 2.41. The highest BCUT2D eigenvalue weighted by molar-refractivity contribution is 14.1. The summed E-state index contributed by atoms with van der Waals surface area (Å²) in [6.07, 6.45) is 1.14. The fourth-order valence-corrected chi connectivity index (χ4v) is 3.15. The van der Waals surface area contributed by atoms with Crippen LogP contribution in [0.15, 0.2) is 42.5 Å². The Bertz CT molecular complexity index is 557. The first-order chi connectivity index (χ1) is 9.60. The van der Waals surface area contributed by atoms with Gasteiger partial charge in [-0.05, 0) is 72.7 Å². The molecule has 106 valence electrons. The van der Waals surface area contributed by atoms with Crippen LogP contribution in [-0.4, -0.2) is 6.54 Å². The van der Waals surface area contributed by atoms with Crippen molar-refractivity contribution in [2.75, 3.05) is 6.54 Å². The van der Waals surface area contributed by atoms with Crippen LogP contribution >= 0.6 is 22.6 Å². The molecular weight excluding hydrogens is 357 g/mol. The van der Waals surface area contributed by atoms with E-state index >= 15 is 0 Å². The average Bonchev–Trinajstić information content (AvgIpc) is 2.38. The van der Waals surface area contributed by atoms with Gasteiger partial charge in [0.2, 0.25) is 0 Å². The van der Waals surface area contributed by atoms with E-state index in [2.05, 4.69) is 91.1 Å². The van der Waals surface area contributed by atoms with Crippen molar-refractivity contribution >= 4 is 22.6 Å². The Kier molecular flexibility index (Phi) is 5.61. The predicted molar refractivity (Wildman–Crippen MR) is 95.2 cm³/mol. The highest BCUT2D eigenvalue weighted by Crippen LogP contribution is 2.25. The SMILES string of the molecule is CCCNC(c1cc(C)cc(C)c1)c1cccc(I)c1. The van der Waals surface area contributed by atoms with Crippen LogP contribution in [0.1, 0.15) is 41.6 Å². The van der Waals surface area contributed by atoms with Gasteiger partial charge in [-0.1, -0.05) is 48.4 Å². The summed E-state index contributed by atoms with van der Waals surface area (Å²) in [5.74, 6) is 0. The highest BCUT2D eigenvalue weighted by Gasteiger charge is 2.14. The molecule has 0 aliphatic rings. The molecule has 1 unspecified atom stereocenters. The zero-order valence-electron chi connectivity index (χ0n) is 12.4. The van der Waals surface area contributed by atoms with Crippen LogP contribution in [0.3, 0.4) is 0 Å². The molecule has 0 amide bonds. The van der Waals surface area contributed by atoms with Crippen molar-refractivity contribution in [3.8, 4) is 0 Å². The van der Waals surface area contributed by atoms with Crippen molar-refractivity contribution in [3.63, 3.8) is 0 Å². The number of aryl methyl sites for hydroxylation is 2. The van der Waals surface area contributed by atoms with Gasteiger partial charge in [-0.15, -0.1) is 0 Å². The maximum atomic E-state index is 3.68. The monoisotopic (exact) mass is 379 g/mol. The Labute approximate surface area is 135 Å². The van der Waals surface area contributed by atoms with E-state index in [0.29, 0.717) is 0 Å². The minimum atomic E-state index is 0.281. The van der Waals surface area contributed by atoms with Crippen LogP contribution in [-0.2, 0) is 0 Å². The van der Waals surface area contributed by atoms with Crippen LogP contribution in [0.4, 0.5) is 0 Å². The molecule has 2 aromatic carbocycles. The Morgan fingerprint density at radius 1 is 1.00 bits per heavy atom. The lowest BCUT2D eigenvalue weighted by Crippen LogP contribution is -2.23. The van der Waals surface area contributed by atoms with E-state index in [0.717, 1.165) is 13.0 Å². The van der Waals surface area contributed by atoms with Crippen molar-refractivity contribution in [1.29, 1.82) is 0 Å². The summed E-state index contributed by atoms with van der Waals surface area (Å²) in [6.45, 7) is 7.58. The molecule has 0 radical (unpaired) electrons. The number of hydrogen-bond donors (Lipinski definition) is 1. The van der Waals surface area contributed by atoms with Gasteiger partial charge in [-0.25, -0.2) is 0 Å². The largest absolute Gasteiger partial charge is 0.306 e. The van der Waals surface area contributed by atoms with Crippen LogP contribution in [0.25, 0.3) is 0 Å². The van der Waals surface area contributed by atoms with Crippen LogP contribution in [0.2, 0.25) is 0 Å². The van der Waals surface area contributed by atoms with E-state index in [4.69, 9.17) is 0 Å². The van der Waals surface area contributed by atoms with Crippen molar-refractivity contribution in [2.24, 2.45) is 0 Å². The second-order valence-corrected chi connectivity index (χ2v) is 6.61. The minimum absolute atomic E-state index is 0.281. The maximum Gasteiger partial charge on any atom is 0.0577 e. The number of nitrogens with one attached hydrogen (secondary N) is 1. The van der Waals surface area contributed by atoms with E-state index in [1.807, 2.05) is 0 Å². The van der Waals surface area contributed by atoms with Gasteiger partial charge in [0.05, 0.1) is 6.04 Å². The van der Waals surface area contributed by atoms with Crippen LogP contribution in [0, 0.1) is 17.4 Å². The third-order valence-electron chi connectivity index (χ3n) is 3.36. The smallest absolute Gasteiger partial charge is 0.0577 e. The quantitative estimate of drug-likeness (QED) is 0.722.